The van der Waals surface area contributed by atoms with Crippen LogP contribution in [-0.4, -0.2) is 47.2 Å². The molecule has 1 saturated carbocycles. The van der Waals surface area contributed by atoms with Gasteiger partial charge in [-0.3, -0.25) is 14.7 Å². The number of rotatable bonds is 8. The molecule has 2 aromatic carbocycles. The fourth-order valence-electron chi connectivity index (χ4n) is 5.45. The first kappa shape index (κ1) is 23.7. The lowest BCUT2D eigenvalue weighted by Gasteiger charge is -2.23. The third-order valence-corrected chi connectivity index (χ3v) is 7.99. The Morgan fingerprint density at radius 3 is 2.54 bits per heavy atom. The molecule has 0 saturated heterocycles. The molecule has 2 aromatic heterocycles. The molecule has 8 nitrogen and oxygen atoms in total. The van der Waals surface area contributed by atoms with E-state index >= 15 is 0 Å². The van der Waals surface area contributed by atoms with E-state index < -0.39 is 5.54 Å². The van der Waals surface area contributed by atoms with Crippen molar-refractivity contribution in [3.63, 3.8) is 0 Å². The maximum atomic E-state index is 13.5. The average Bonchev–Trinajstić information content (AvgIpc) is 3.75. The summed E-state index contributed by atoms with van der Waals surface area (Å²) >= 11 is 1.44. The first-order chi connectivity index (χ1) is 18.2. The van der Waals surface area contributed by atoms with Gasteiger partial charge in [0.1, 0.15) is 11.4 Å². The van der Waals surface area contributed by atoms with Crippen LogP contribution in [0.4, 0.5) is 0 Å². The van der Waals surface area contributed by atoms with E-state index in [0.29, 0.717) is 12.4 Å². The first-order valence-corrected chi connectivity index (χ1v) is 13.8. The minimum atomic E-state index is -0.501. The highest BCUT2D eigenvalue weighted by atomic mass is 32.1. The summed E-state index contributed by atoms with van der Waals surface area (Å²) in [7, 11) is 0. The number of aromatic amines is 1. The predicted molar refractivity (Wildman–Crippen MR) is 145 cm³/mol. The summed E-state index contributed by atoms with van der Waals surface area (Å²) in [6.45, 7) is 2.73. The third kappa shape index (κ3) is 4.48. The van der Waals surface area contributed by atoms with Crippen LogP contribution in [-0.2, 0) is 11.3 Å². The molecule has 1 spiro atoms. The largest absolute Gasteiger partial charge is 0.294 e. The summed E-state index contributed by atoms with van der Waals surface area (Å²) in [6.07, 6.45) is 6.93. The minimum absolute atomic E-state index is 0.190. The summed E-state index contributed by atoms with van der Waals surface area (Å²) in [5.41, 5.74) is 5.51. The van der Waals surface area contributed by atoms with Crippen molar-refractivity contribution >= 4 is 23.3 Å². The van der Waals surface area contributed by atoms with E-state index in [2.05, 4.69) is 62.3 Å². The fourth-order valence-corrected chi connectivity index (χ4v) is 5.98. The SMILES string of the molecule is CCCCC1=NC2(CCCC2)C(=O)N1Cc1ccc(-c2cc(-c3ccsn3)ccc2-c2nn[nH]n2)cc1. The second-order valence-electron chi connectivity index (χ2n) is 9.84. The number of hydrogen-bond donors (Lipinski definition) is 1. The summed E-state index contributed by atoms with van der Waals surface area (Å²) in [6, 6.07) is 16.6. The van der Waals surface area contributed by atoms with Crippen LogP contribution in [0.1, 0.15) is 57.4 Å². The van der Waals surface area contributed by atoms with Crippen LogP contribution in [0.2, 0.25) is 0 Å². The molecule has 0 radical (unpaired) electrons. The monoisotopic (exact) mass is 511 g/mol. The number of aliphatic imine (C=N–C) groups is 1. The van der Waals surface area contributed by atoms with Crippen LogP contribution in [0.5, 0.6) is 0 Å². The number of nitrogens with one attached hydrogen (secondary N) is 1. The van der Waals surface area contributed by atoms with Crippen molar-refractivity contribution < 1.29 is 4.79 Å². The van der Waals surface area contributed by atoms with E-state index in [4.69, 9.17) is 4.99 Å². The minimum Gasteiger partial charge on any atom is -0.294 e. The first-order valence-electron chi connectivity index (χ1n) is 13.0. The number of nitrogens with zero attached hydrogens (tertiary/aromatic N) is 6. The van der Waals surface area contributed by atoms with E-state index in [1.54, 1.807) is 0 Å². The number of carbonyl (C=O) groups excluding carboxylic acids is 1. The molecule has 1 N–H and O–H groups in total. The fraction of sp³-hybridized carbons (Fsp3) is 0.357. The highest BCUT2D eigenvalue weighted by Crippen LogP contribution is 2.40. The van der Waals surface area contributed by atoms with Gasteiger partial charge in [-0.2, -0.15) is 9.59 Å². The molecule has 0 unspecified atom stereocenters. The Bertz CT molecular complexity index is 1410. The molecule has 1 aliphatic carbocycles. The average molecular weight is 512 g/mol. The van der Waals surface area contributed by atoms with Gasteiger partial charge in [0.2, 0.25) is 5.82 Å². The van der Waals surface area contributed by atoms with E-state index in [-0.39, 0.29) is 5.91 Å². The number of H-pyrrole nitrogens is 1. The van der Waals surface area contributed by atoms with Gasteiger partial charge in [0, 0.05) is 22.9 Å². The molecule has 6 rings (SSSR count). The summed E-state index contributed by atoms with van der Waals surface area (Å²) in [5, 5.41) is 16.7. The summed E-state index contributed by atoms with van der Waals surface area (Å²) in [4.78, 5) is 20.5. The quantitative estimate of drug-likeness (QED) is 0.317. The second kappa shape index (κ2) is 9.97. The molecular weight excluding hydrogens is 482 g/mol. The number of amidine groups is 1. The van der Waals surface area contributed by atoms with Gasteiger partial charge in [-0.15, -0.1) is 10.2 Å². The van der Waals surface area contributed by atoms with Gasteiger partial charge in [0.05, 0.1) is 12.2 Å². The van der Waals surface area contributed by atoms with Gasteiger partial charge < -0.3 is 0 Å². The van der Waals surface area contributed by atoms with Crippen LogP contribution in [0, 0.1) is 0 Å². The Labute approximate surface area is 220 Å². The van der Waals surface area contributed by atoms with Gasteiger partial charge in [0.15, 0.2) is 0 Å². The predicted octanol–water partition coefficient (Wildman–Crippen LogP) is 5.90. The van der Waals surface area contributed by atoms with Gasteiger partial charge >= 0.3 is 0 Å². The van der Waals surface area contributed by atoms with E-state index in [0.717, 1.165) is 84.3 Å². The molecule has 9 heteroatoms. The van der Waals surface area contributed by atoms with Crippen molar-refractivity contribution in [1.82, 2.24) is 29.9 Å². The lowest BCUT2D eigenvalue weighted by atomic mass is 9.95. The van der Waals surface area contributed by atoms with Crippen molar-refractivity contribution in [1.29, 1.82) is 0 Å². The Kier molecular flexibility index (Phi) is 6.38. The highest BCUT2D eigenvalue weighted by Gasteiger charge is 2.49. The zero-order valence-corrected chi connectivity index (χ0v) is 21.7. The number of benzene rings is 2. The van der Waals surface area contributed by atoms with Crippen LogP contribution in [0.15, 0.2) is 58.9 Å². The molecule has 1 fully saturated rings. The van der Waals surface area contributed by atoms with Gasteiger partial charge in [-0.1, -0.05) is 56.5 Å². The van der Waals surface area contributed by atoms with Crippen molar-refractivity contribution in [2.45, 2.75) is 64.0 Å². The zero-order valence-electron chi connectivity index (χ0n) is 20.9. The lowest BCUT2D eigenvalue weighted by Crippen LogP contribution is -2.40. The van der Waals surface area contributed by atoms with Crippen LogP contribution in [0.3, 0.4) is 0 Å². The maximum absolute atomic E-state index is 13.5. The number of hydrogen-bond acceptors (Lipinski definition) is 7. The Morgan fingerprint density at radius 2 is 1.84 bits per heavy atom. The van der Waals surface area contributed by atoms with Crippen LogP contribution >= 0.6 is 11.5 Å². The van der Waals surface area contributed by atoms with Crippen LogP contribution < -0.4 is 0 Å². The molecule has 1 amide bonds. The second-order valence-corrected chi connectivity index (χ2v) is 10.5. The maximum Gasteiger partial charge on any atom is 0.256 e. The topological polar surface area (TPSA) is 100 Å². The van der Waals surface area contributed by atoms with Gasteiger partial charge in [0.25, 0.3) is 5.91 Å². The molecular formula is C28H29N7OS. The Hall–Kier alpha value is -3.72. The molecule has 3 heterocycles. The molecule has 4 aromatic rings. The molecule has 2 aliphatic rings. The zero-order chi connectivity index (χ0) is 25.2. The molecule has 0 bridgehead atoms. The van der Waals surface area contributed by atoms with Crippen molar-refractivity contribution in [2.75, 3.05) is 0 Å². The Balaban J connectivity index is 1.30. The lowest BCUT2D eigenvalue weighted by molar-refractivity contribution is -0.131. The highest BCUT2D eigenvalue weighted by molar-refractivity contribution is 7.03. The standard InChI is InChI=1S/C28H29N7OS/c1-2-3-6-25-29-28(14-4-5-15-28)27(36)35(25)18-19-7-9-20(10-8-19)23-17-21(24-13-16-37-32-24)11-12-22(23)26-30-33-34-31-26/h7-13,16-17H,2-6,14-15,18H2,1H3,(H,30,31,33,34). The molecule has 1 aliphatic heterocycles. The van der Waals surface area contributed by atoms with Gasteiger partial charge in [-0.05, 0) is 70.9 Å². The van der Waals surface area contributed by atoms with Crippen molar-refractivity contribution in [3.8, 4) is 33.8 Å². The van der Waals surface area contributed by atoms with E-state index in [1.807, 2.05) is 28.5 Å². The van der Waals surface area contributed by atoms with E-state index in [9.17, 15) is 4.79 Å². The summed E-state index contributed by atoms with van der Waals surface area (Å²) in [5.74, 6) is 1.70. The Morgan fingerprint density at radius 1 is 1.03 bits per heavy atom. The normalized spacial score (nSPS) is 16.6. The number of tetrazole rings is 1. The number of amides is 1. The van der Waals surface area contributed by atoms with Gasteiger partial charge in [-0.25, -0.2) is 0 Å². The van der Waals surface area contributed by atoms with Crippen molar-refractivity contribution in [3.05, 3.63) is 59.5 Å². The molecule has 37 heavy (non-hydrogen) atoms. The molecule has 188 valence electrons. The van der Waals surface area contributed by atoms with Crippen molar-refractivity contribution in [2.24, 2.45) is 4.99 Å². The third-order valence-electron chi connectivity index (χ3n) is 7.43. The van der Waals surface area contributed by atoms with E-state index in [1.165, 1.54) is 11.5 Å². The number of aromatic nitrogens is 5. The number of unbranched alkanes of at least 4 members (excludes halogenated alkanes) is 1. The summed E-state index contributed by atoms with van der Waals surface area (Å²) < 4.78 is 4.49. The molecule has 0 atom stereocenters. The smallest absolute Gasteiger partial charge is 0.256 e. The number of carbonyl (C=O) groups is 1. The van der Waals surface area contributed by atoms with Crippen LogP contribution in [0.25, 0.3) is 33.8 Å².